The second-order valence-electron chi connectivity index (χ2n) is 16.7. The Hall–Kier alpha value is -8.12. The first kappa shape index (κ1) is 47.4. The molecule has 0 radical (unpaired) electrons. The minimum Gasteiger partial charge on any atom is -0.496 e. The van der Waals surface area contributed by atoms with E-state index in [0.29, 0.717) is 78.1 Å². The molecule has 0 aliphatic heterocycles. The predicted octanol–water partition coefficient (Wildman–Crippen LogP) is 10.8. The lowest BCUT2D eigenvalue weighted by Crippen LogP contribution is -2.05. The molecule has 0 amide bonds. The second-order valence-corrected chi connectivity index (χ2v) is 16.7. The van der Waals surface area contributed by atoms with Crippen molar-refractivity contribution in [3.8, 4) is 68.2 Å². The predicted molar refractivity (Wildman–Crippen MR) is 263 cm³/mol. The standard InChI is InChI=1S/C57H54O12/c1-62-48-26-40-19-42-28-54(68-7)44(30-52(42)66-5)21-45-31-53(67-6)43(29-55(45)69-8)20-41-27-49(63-2)39(25-51(41)65-4)18-37-23-46(32-9-13-34(14-10-32)56(58)59)36(17-38(48)24-50(40)64-3)22-47(37)33-11-15-35(16-12-33)57(60)61/h9-16,22-31H,17-21H2,1-8H3,(H,58,59)(H,60,61). The molecule has 0 fully saturated rings. The number of benzene rings is 7. The number of ether oxygens (including phenoxy) is 8. The van der Waals surface area contributed by atoms with E-state index in [2.05, 4.69) is 12.1 Å². The van der Waals surface area contributed by atoms with Gasteiger partial charge in [0.15, 0.2) is 0 Å². The first-order valence-electron chi connectivity index (χ1n) is 22.2. The van der Waals surface area contributed by atoms with Crippen LogP contribution in [0.2, 0.25) is 0 Å². The summed E-state index contributed by atoms with van der Waals surface area (Å²) < 4.78 is 48.7. The Bertz CT molecular complexity index is 2860. The summed E-state index contributed by atoms with van der Waals surface area (Å²) in [6.45, 7) is 0. The van der Waals surface area contributed by atoms with Gasteiger partial charge in [-0.3, -0.25) is 0 Å². The van der Waals surface area contributed by atoms with E-state index in [1.807, 2.05) is 72.8 Å². The maximum Gasteiger partial charge on any atom is 0.335 e. The van der Waals surface area contributed by atoms with Crippen LogP contribution in [0.5, 0.6) is 46.0 Å². The summed E-state index contributed by atoms with van der Waals surface area (Å²) in [5.74, 6) is 3.13. The summed E-state index contributed by atoms with van der Waals surface area (Å²) >= 11 is 0. The number of carboxylic acid groups (broad SMARTS) is 2. The molecule has 2 N–H and O–H groups in total. The van der Waals surface area contributed by atoms with E-state index in [1.54, 1.807) is 81.1 Å². The Morgan fingerprint density at radius 3 is 0.667 bits per heavy atom. The summed E-state index contributed by atoms with van der Waals surface area (Å²) in [5, 5.41) is 19.7. The van der Waals surface area contributed by atoms with Crippen LogP contribution in [0.4, 0.5) is 0 Å². The Kier molecular flexibility index (Phi) is 14.0. The molecule has 17 rings (SSSR count). The van der Waals surface area contributed by atoms with Gasteiger partial charge in [-0.1, -0.05) is 24.3 Å². The summed E-state index contributed by atoms with van der Waals surface area (Å²) in [6.07, 6.45) is 2.05. The largest absolute Gasteiger partial charge is 0.496 e. The molecule has 0 heterocycles. The number of carbonyl (C=O) groups is 2. The van der Waals surface area contributed by atoms with Crippen molar-refractivity contribution in [1.82, 2.24) is 0 Å². The molecular formula is C57H54O12. The lowest BCUT2D eigenvalue weighted by atomic mass is 9.85. The van der Waals surface area contributed by atoms with Crippen LogP contribution in [0.15, 0.2) is 109 Å². The van der Waals surface area contributed by atoms with Crippen molar-refractivity contribution >= 4 is 11.9 Å². The van der Waals surface area contributed by atoms with Gasteiger partial charge in [-0.05, 0) is 118 Å². The third-order valence-corrected chi connectivity index (χ3v) is 12.9. The molecule has 0 spiro atoms. The molecule has 12 nitrogen and oxygen atoms in total. The number of hydrogen-bond acceptors (Lipinski definition) is 10. The molecule has 12 heteroatoms. The van der Waals surface area contributed by atoms with Crippen molar-refractivity contribution < 1.29 is 57.7 Å². The summed E-state index contributed by atoms with van der Waals surface area (Å²) in [7, 11) is 13.1. The van der Waals surface area contributed by atoms with Crippen molar-refractivity contribution in [3.63, 3.8) is 0 Å². The van der Waals surface area contributed by atoms with Gasteiger partial charge in [-0.2, -0.15) is 0 Å². The molecule has 10 bridgehead atoms. The zero-order chi connectivity index (χ0) is 48.9. The summed E-state index contributed by atoms with van der Waals surface area (Å²) in [6, 6.07) is 33.8. The highest BCUT2D eigenvalue weighted by Gasteiger charge is 2.24. The van der Waals surface area contributed by atoms with Gasteiger partial charge in [-0.15, -0.1) is 0 Å². The highest BCUT2D eigenvalue weighted by atomic mass is 16.5. The van der Waals surface area contributed by atoms with Crippen LogP contribution in [0, 0.1) is 0 Å². The van der Waals surface area contributed by atoms with Crippen LogP contribution in [-0.2, 0) is 32.1 Å². The summed E-state index contributed by atoms with van der Waals surface area (Å²) in [5.41, 5.74) is 12.3. The van der Waals surface area contributed by atoms with Gasteiger partial charge >= 0.3 is 11.9 Å². The maximum absolute atomic E-state index is 12.0. The molecular weight excluding hydrogens is 877 g/mol. The Labute approximate surface area is 401 Å². The topological polar surface area (TPSA) is 148 Å². The molecule has 0 aromatic heterocycles. The molecule has 0 saturated heterocycles. The monoisotopic (exact) mass is 930 g/mol. The Balaban J connectivity index is 1.43. The highest BCUT2D eigenvalue weighted by Crippen LogP contribution is 2.43. The summed E-state index contributed by atoms with van der Waals surface area (Å²) in [4.78, 5) is 24.1. The van der Waals surface area contributed by atoms with Crippen LogP contribution < -0.4 is 37.9 Å². The van der Waals surface area contributed by atoms with E-state index in [-0.39, 0.29) is 11.1 Å². The Morgan fingerprint density at radius 2 is 0.493 bits per heavy atom. The Morgan fingerprint density at radius 1 is 0.304 bits per heavy atom. The van der Waals surface area contributed by atoms with Gasteiger partial charge < -0.3 is 48.1 Å². The molecule has 10 aliphatic rings. The van der Waals surface area contributed by atoms with Crippen LogP contribution >= 0.6 is 0 Å². The molecule has 0 unspecified atom stereocenters. The van der Waals surface area contributed by atoms with E-state index < -0.39 is 11.9 Å². The fraction of sp³-hybridized carbons (Fsp3) is 0.228. The fourth-order valence-electron chi connectivity index (χ4n) is 9.33. The number of carboxylic acids is 2. The minimum atomic E-state index is -1.03. The van der Waals surface area contributed by atoms with Crippen LogP contribution in [-0.4, -0.2) is 79.0 Å². The van der Waals surface area contributed by atoms with Gasteiger partial charge in [0, 0.05) is 76.6 Å². The van der Waals surface area contributed by atoms with Crippen LogP contribution in [0.1, 0.15) is 76.4 Å². The van der Waals surface area contributed by atoms with E-state index >= 15 is 0 Å². The van der Waals surface area contributed by atoms with E-state index in [4.69, 9.17) is 37.9 Å². The fourth-order valence-corrected chi connectivity index (χ4v) is 9.33. The normalized spacial score (nSPS) is 12.0. The lowest BCUT2D eigenvalue weighted by Gasteiger charge is -2.21. The smallest absolute Gasteiger partial charge is 0.335 e. The third kappa shape index (κ3) is 9.69. The van der Waals surface area contributed by atoms with Crippen molar-refractivity contribution in [1.29, 1.82) is 0 Å². The molecule has 0 saturated carbocycles. The average Bonchev–Trinajstić information content (AvgIpc) is 3.37. The average molecular weight is 931 g/mol. The number of rotatable bonds is 12. The zero-order valence-corrected chi connectivity index (χ0v) is 39.9. The van der Waals surface area contributed by atoms with Crippen molar-refractivity contribution in [2.24, 2.45) is 0 Å². The van der Waals surface area contributed by atoms with E-state index in [0.717, 1.165) is 77.9 Å². The van der Waals surface area contributed by atoms with Crippen molar-refractivity contribution in [3.05, 3.63) is 176 Å². The van der Waals surface area contributed by atoms with Gasteiger partial charge in [-0.25, -0.2) is 9.59 Å². The van der Waals surface area contributed by atoms with Crippen LogP contribution in [0.3, 0.4) is 0 Å². The van der Waals surface area contributed by atoms with Crippen molar-refractivity contribution in [2.45, 2.75) is 32.1 Å². The molecule has 7 aromatic carbocycles. The lowest BCUT2D eigenvalue weighted by molar-refractivity contribution is 0.0686. The first-order valence-corrected chi connectivity index (χ1v) is 22.2. The van der Waals surface area contributed by atoms with Gasteiger partial charge in [0.05, 0.1) is 68.0 Å². The van der Waals surface area contributed by atoms with Crippen molar-refractivity contribution in [2.75, 3.05) is 56.9 Å². The molecule has 0 atom stereocenters. The molecule has 7 aromatic rings. The quantitative estimate of drug-likeness (QED) is 0.120. The van der Waals surface area contributed by atoms with Gasteiger partial charge in [0.25, 0.3) is 0 Å². The minimum absolute atomic E-state index is 0.159. The third-order valence-electron chi connectivity index (χ3n) is 12.9. The maximum atomic E-state index is 12.0. The SMILES string of the molecule is COc1cc2c(OC)cc1Cc1cc(OC)c(cc1OC)Cc1cc(OC)c(cc1OC)Cc1cc(-c3ccc(C(=O)O)cc3)c(cc1-c1ccc(C(=O)O)cc1)Cc1cc(OC)c(cc1OC)C2. The number of aromatic carboxylic acids is 2. The van der Waals surface area contributed by atoms with Gasteiger partial charge in [0.1, 0.15) is 46.0 Å². The molecule has 69 heavy (non-hydrogen) atoms. The first-order chi connectivity index (χ1) is 33.4. The highest BCUT2D eigenvalue weighted by molar-refractivity contribution is 5.90. The second kappa shape index (κ2) is 20.4. The number of methoxy groups -OCH3 is 8. The molecule has 354 valence electrons. The van der Waals surface area contributed by atoms with Crippen LogP contribution in [0.25, 0.3) is 22.3 Å². The zero-order valence-electron chi connectivity index (χ0n) is 39.9. The molecule has 10 aliphatic carbocycles. The number of hydrogen-bond donors (Lipinski definition) is 2. The van der Waals surface area contributed by atoms with Gasteiger partial charge in [0.2, 0.25) is 0 Å². The van der Waals surface area contributed by atoms with E-state index in [9.17, 15) is 19.8 Å². The van der Waals surface area contributed by atoms with E-state index in [1.165, 1.54) is 0 Å².